The molecule has 0 aromatic heterocycles. The molecule has 0 radical (unpaired) electrons. The molecular formula is C29H47N3O6. The molecule has 2 saturated heterocycles. The molecule has 3 amide bonds. The molecule has 1 saturated carbocycles. The molecule has 38 heavy (non-hydrogen) atoms. The third-order valence-corrected chi connectivity index (χ3v) is 8.46. The zero-order valence-corrected chi connectivity index (χ0v) is 24.1. The summed E-state index contributed by atoms with van der Waals surface area (Å²) in [6, 6.07) is -2.43. The van der Waals surface area contributed by atoms with Crippen molar-refractivity contribution in [2.24, 2.45) is 17.3 Å². The SMILES string of the molecule is CC(=O)C(=O)[C@@H]1CCCCCCCCCC[C@H](NC(=O)OC(C)(C)C)C(=O)N2C[C@H]3[C@@H]([C@H]2C(=O)N1)C3(C)C. The summed E-state index contributed by atoms with van der Waals surface area (Å²) in [6.45, 7) is 11.1. The predicted molar refractivity (Wildman–Crippen MR) is 143 cm³/mol. The van der Waals surface area contributed by atoms with E-state index in [1.165, 1.54) is 6.92 Å². The highest BCUT2D eigenvalue weighted by Gasteiger charge is 2.69. The lowest BCUT2D eigenvalue weighted by Gasteiger charge is -2.34. The van der Waals surface area contributed by atoms with Crippen molar-refractivity contribution >= 4 is 29.5 Å². The van der Waals surface area contributed by atoms with Crippen molar-refractivity contribution in [1.82, 2.24) is 15.5 Å². The molecule has 2 N–H and O–H groups in total. The number of alkyl carbamates (subject to hydrolysis) is 1. The molecule has 3 fully saturated rings. The van der Waals surface area contributed by atoms with Crippen molar-refractivity contribution in [1.29, 1.82) is 0 Å². The lowest BCUT2D eigenvalue weighted by molar-refractivity contribution is -0.143. The van der Waals surface area contributed by atoms with E-state index in [9.17, 15) is 24.0 Å². The van der Waals surface area contributed by atoms with E-state index in [4.69, 9.17) is 4.74 Å². The molecule has 3 aliphatic rings. The Morgan fingerprint density at radius 3 is 2.05 bits per heavy atom. The van der Waals surface area contributed by atoms with Crippen molar-refractivity contribution in [3.63, 3.8) is 0 Å². The molecular weight excluding hydrogens is 486 g/mol. The van der Waals surface area contributed by atoms with Crippen molar-refractivity contribution in [2.45, 2.75) is 129 Å². The number of ether oxygens (including phenoxy) is 1. The van der Waals surface area contributed by atoms with Crippen molar-refractivity contribution in [2.75, 3.05) is 6.54 Å². The van der Waals surface area contributed by atoms with Gasteiger partial charge in [0.1, 0.15) is 17.7 Å². The molecule has 0 aromatic rings. The Morgan fingerprint density at radius 2 is 1.50 bits per heavy atom. The van der Waals surface area contributed by atoms with Crippen LogP contribution in [0.4, 0.5) is 4.79 Å². The normalized spacial score (nSPS) is 30.8. The molecule has 214 valence electrons. The lowest BCUT2D eigenvalue weighted by atomic mass is 9.97. The van der Waals surface area contributed by atoms with E-state index in [-0.39, 0.29) is 23.2 Å². The van der Waals surface area contributed by atoms with Gasteiger partial charge in [-0.25, -0.2) is 4.79 Å². The zero-order valence-electron chi connectivity index (χ0n) is 24.1. The largest absolute Gasteiger partial charge is 0.444 e. The van der Waals surface area contributed by atoms with E-state index in [0.717, 1.165) is 51.4 Å². The zero-order chi connectivity index (χ0) is 28.3. The first kappa shape index (κ1) is 30.1. The fourth-order valence-electron chi connectivity index (χ4n) is 6.25. The standard InChI is InChI=1S/C29H47N3O6/c1-18(33)24(34)20-15-13-11-9-7-8-10-12-14-16-21(31-27(37)38-28(2,3)4)26(36)32-17-19-22(29(19,5)6)23(32)25(35)30-20/h19-23H,7-17H2,1-6H3,(H,30,35)(H,31,37)/t19-,20-,21-,22-,23-/m0/s1. The maximum atomic E-state index is 13.9. The average Bonchev–Trinajstić information content (AvgIpc) is 3.14. The van der Waals surface area contributed by atoms with Crippen molar-refractivity contribution in [3.05, 3.63) is 0 Å². The Balaban J connectivity index is 1.86. The van der Waals surface area contributed by atoms with Gasteiger partial charge >= 0.3 is 6.09 Å². The van der Waals surface area contributed by atoms with Gasteiger partial charge in [-0.3, -0.25) is 19.2 Å². The van der Waals surface area contributed by atoms with E-state index in [0.29, 0.717) is 19.4 Å². The number of Topliss-reactive ketones (excluding diaryl/α,β-unsaturated/α-hetero) is 2. The number of hydrogen-bond acceptors (Lipinski definition) is 6. The molecule has 2 heterocycles. The molecule has 5 atom stereocenters. The molecule has 0 bridgehead atoms. The first-order valence-corrected chi connectivity index (χ1v) is 14.4. The van der Waals surface area contributed by atoms with Crippen LogP contribution in [0.25, 0.3) is 0 Å². The van der Waals surface area contributed by atoms with Gasteiger partial charge in [0.05, 0.1) is 6.04 Å². The molecule has 0 unspecified atom stereocenters. The molecule has 3 rings (SSSR count). The number of carbonyl (C=O) groups is 5. The molecule has 1 aliphatic carbocycles. The minimum Gasteiger partial charge on any atom is -0.444 e. The molecule has 0 spiro atoms. The van der Waals surface area contributed by atoms with E-state index >= 15 is 0 Å². The molecule has 2 aliphatic heterocycles. The summed E-state index contributed by atoms with van der Waals surface area (Å²) in [4.78, 5) is 66.4. The Kier molecular flexibility index (Phi) is 9.63. The van der Waals surface area contributed by atoms with Crippen LogP contribution in [-0.4, -0.2) is 64.6 Å². The highest BCUT2D eigenvalue weighted by atomic mass is 16.6. The average molecular weight is 534 g/mol. The smallest absolute Gasteiger partial charge is 0.408 e. The Labute approximate surface area is 227 Å². The van der Waals surface area contributed by atoms with Crippen LogP contribution in [-0.2, 0) is 23.9 Å². The molecule has 9 heteroatoms. The minimum absolute atomic E-state index is 0.0382. The highest BCUT2D eigenvalue weighted by molar-refractivity contribution is 6.38. The summed E-state index contributed by atoms with van der Waals surface area (Å²) in [6.07, 6.45) is 7.87. The Morgan fingerprint density at radius 1 is 0.947 bits per heavy atom. The van der Waals surface area contributed by atoms with Crippen LogP contribution in [0.1, 0.15) is 106 Å². The highest BCUT2D eigenvalue weighted by Crippen LogP contribution is 2.65. The van der Waals surface area contributed by atoms with Gasteiger partial charge in [0.15, 0.2) is 5.78 Å². The summed E-state index contributed by atoms with van der Waals surface area (Å²) < 4.78 is 5.43. The second kappa shape index (κ2) is 12.2. The van der Waals surface area contributed by atoms with Crippen LogP contribution in [0.3, 0.4) is 0 Å². The van der Waals surface area contributed by atoms with E-state index in [1.54, 1.807) is 25.7 Å². The van der Waals surface area contributed by atoms with E-state index < -0.39 is 47.3 Å². The molecule has 9 nitrogen and oxygen atoms in total. The van der Waals surface area contributed by atoms with Gasteiger partial charge in [0, 0.05) is 13.5 Å². The number of ketones is 2. The topological polar surface area (TPSA) is 122 Å². The second-order valence-electron chi connectivity index (χ2n) is 13.0. The van der Waals surface area contributed by atoms with Crippen LogP contribution in [0.2, 0.25) is 0 Å². The van der Waals surface area contributed by atoms with Gasteiger partial charge in [-0.05, 0) is 50.9 Å². The van der Waals surface area contributed by atoms with Gasteiger partial charge in [0.25, 0.3) is 0 Å². The number of nitrogens with one attached hydrogen (secondary N) is 2. The number of carbonyl (C=O) groups excluding carboxylic acids is 5. The van der Waals surface area contributed by atoms with Crippen LogP contribution in [0.15, 0.2) is 0 Å². The second-order valence-corrected chi connectivity index (χ2v) is 13.0. The first-order valence-electron chi connectivity index (χ1n) is 14.4. The maximum absolute atomic E-state index is 13.9. The van der Waals surface area contributed by atoms with Crippen LogP contribution in [0.5, 0.6) is 0 Å². The number of nitrogens with zero attached hydrogens (tertiary/aromatic N) is 1. The summed E-state index contributed by atoms with van der Waals surface area (Å²) in [5.74, 6) is -1.73. The molecule has 0 aromatic carbocycles. The van der Waals surface area contributed by atoms with Gasteiger partial charge in [-0.1, -0.05) is 65.2 Å². The summed E-state index contributed by atoms with van der Waals surface area (Å²) >= 11 is 0. The first-order chi connectivity index (χ1) is 17.7. The fraction of sp³-hybridized carbons (Fsp3) is 0.828. The Hall–Kier alpha value is -2.45. The quantitative estimate of drug-likeness (QED) is 0.530. The van der Waals surface area contributed by atoms with E-state index in [2.05, 4.69) is 24.5 Å². The van der Waals surface area contributed by atoms with Crippen molar-refractivity contribution in [3.8, 4) is 0 Å². The summed E-state index contributed by atoms with van der Waals surface area (Å²) in [5.41, 5.74) is -0.810. The number of fused-ring (bicyclic) bond motifs is 3. The monoisotopic (exact) mass is 533 g/mol. The summed E-state index contributed by atoms with van der Waals surface area (Å²) in [5, 5.41) is 5.63. The Bertz CT molecular complexity index is 924. The van der Waals surface area contributed by atoms with Gasteiger partial charge < -0.3 is 20.3 Å². The lowest BCUT2D eigenvalue weighted by Crippen LogP contribution is -2.58. The van der Waals surface area contributed by atoms with Gasteiger partial charge in [0.2, 0.25) is 17.6 Å². The number of amides is 3. The third-order valence-electron chi connectivity index (χ3n) is 8.46. The maximum Gasteiger partial charge on any atom is 0.408 e. The van der Waals surface area contributed by atoms with Gasteiger partial charge in [-0.15, -0.1) is 0 Å². The number of hydrogen-bond donors (Lipinski definition) is 2. The number of rotatable bonds is 3. The van der Waals surface area contributed by atoms with Crippen LogP contribution < -0.4 is 10.6 Å². The predicted octanol–water partition coefficient (Wildman–Crippen LogP) is 3.92. The number of piperidine rings is 1. The summed E-state index contributed by atoms with van der Waals surface area (Å²) in [7, 11) is 0. The van der Waals surface area contributed by atoms with Crippen LogP contribution in [0, 0.1) is 17.3 Å². The van der Waals surface area contributed by atoms with E-state index in [1.807, 2.05) is 0 Å². The minimum atomic E-state index is -0.885. The van der Waals surface area contributed by atoms with Gasteiger partial charge in [-0.2, -0.15) is 0 Å². The fourth-order valence-corrected chi connectivity index (χ4v) is 6.25. The van der Waals surface area contributed by atoms with Crippen molar-refractivity contribution < 1.29 is 28.7 Å². The van der Waals surface area contributed by atoms with Crippen LogP contribution >= 0.6 is 0 Å². The third kappa shape index (κ3) is 7.35.